The van der Waals surface area contributed by atoms with Crippen LogP contribution in [-0.4, -0.2) is 19.8 Å². The van der Waals surface area contributed by atoms with Crippen molar-refractivity contribution in [3.63, 3.8) is 0 Å². The van der Waals surface area contributed by atoms with Gasteiger partial charge >= 0.3 is 0 Å². The first kappa shape index (κ1) is 12.7. The minimum Gasteiger partial charge on any atom is -0.379 e. The molecule has 0 saturated heterocycles. The number of thiophene rings is 1. The first-order chi connectivity index (χ1) is 7.27. The topological polar surface area (TPSA) is 21.3 Å². The summed E-state index contributed by atoms with van der Waals surface area (Å²) in [6.07, 6.45) is 1.09. The van der Waals surface area contributed by atoms with Crippen LogP contribution in [0.5, 0.6) is 0 Å². The van der Waals surface area contributed by atoms with Crippen molar-refractivity contribution >= 4 is 11.3 Å². The van der Waals surface area contributed by atoms with Crippen LogP contribution in [0.3, 0.4) is 0 Å². The fraction of sp³-hybridized carbons (Fsp3) is 0.667. The zero-order chi connectivity index (χ0) is 11.1. The minimum atomic E-state index is 0.361. The van der Waals surface area contributed by atoms with E-state index in [9.17, 15) is 0 Å². The third-order valence-corrected chi connectivity index (χ3v) is 3.30. The van der Waals surface area contributed by atoms with Gasteiger partial charge in [-0.05, 0) is 32.0 Å². The van der Waals surface area contributed by atoms with E-state index in [-0.39, 0.29) is 0 Å². The molecule has 1 unspecified atom stereocenters. The van der Waals surface area contributed by atoms with Crippen LogP contribution in [0.15, 0.2) is 12.1 Å². The summed E-state index contributed by atoms with van der Waals surface area (Å²) in [6.45, 7) is 9.03. The van der Waals surface area contributed by atoms with Gasteiger partial charge in [-0.2, -0.15) is 0 Å². The molecule has 15 heavy (non-hydrogen) atoms. The fourth-order valence-corrected chi connectivity index (χ4v) is 2.41. The van der Waals surface area contributed by atoms with Crippen molar-refractivity contribution in [3.8, 4) is 0 Å². The van der Waals surface area contributed by atoms with E-state index >= 15 is 0 Å². The molecule has 1 N–H and O–H groups in total. The third-order valence-electron chi connectivity index (χ3n) is 2.19. The standard InChI is InChI=1S/C12H21NOS/c1-4-8-14-9-11(13-5-2)12-7-6-10(3)15-12/h6-7,11,13H,4-5,8-9H2,1-3H3. The molecular weight excluding hydrogens is 206 g/mol. The van der Waals surface area contributed by atoms with Crippen molar-refractivity contribution in [2.45, 2.75) is 33.2 Å². The van der Waals surface area contributed by atoms with E-state index in [4.69, 9.17) is 4.74 Å². The summed E-state index contributed by atoms with van der Waals surface area (Å²) in [5.74, 6) is 0. The van der Waals surface area contributed by atoms with Crippen LogP contribution in [0.2, 0.25) is 0 Å². The predicted octanol–water partition coefficient (Wildman–Crippen LogP) is 3.13. The van der Waals surface area contributed by atoms with Crippen LogP contribution >= 0.6 is 11.3 Å². The van der Waals surface area contributed by atoms with Gasteiger partial charge in [-0.1, -0.05) is 13.8 Å². The Morgan fingerprint density at radius 1 is 1.40 bits per heavy atom. The lowest BCUT2D eigenvalue weighted by Gasteiger charge is -2.16. The second kappa shape index (κ2) is 6.99. The Balaban J connectivity index is 2.49. The molecule has 1 atom stereocenters. The van der Waals surface area contributed by atoms with Gasteiger partial charge in [-0.3, -0.25) is 0 Å². The second-order valence-electron chi connectivity index (χ2n) is 3.63. The van der Waals surface area contributed by atoms with Gasteiger partial charge in [0.15, 0.2) is 0 Å². The number of hydrogen-bond acceptors (Lipinski definition) is 3. The van der Waals surface area contributed by atoms with Crippen LogP contribution in [-0.2, 0) is 4.74 Å². The molecule has 0 saturated carbocycles. The van der Waals surface area contributed by atoms with Crippen molar-refractivity contribution in [1.29, 1.82) is 0 Å². The Kier molecular flexibility index (Phi) is 5.91. The average Bonchev–Trinajstić information content (AvgIpc) is 2.64. The lowest BCUT2D eigenvalue weighted by atomic mass is 10.2. The van der Waals surface area contributed by atoms with Gasteiger partial charge < -0.3 is 10.1 Å². The maximum atomic E-state index is 5.61. The van der Waals surface area contributed by atoms with Gasteiger partial charge in [0.1, 0.15) is 0 Å². The molecule has 2 nitrogen and oxygen atoms in total. The van der Waals surface area contributed by atoms with Crippen molar-refractivity contribution in [3.05, 3.63) is 21.9 Å². The molecule has 1 aromatic heterocycles. The molecule has 0 aliphatic rings. The molecule has 0 aromatic carbocycles. The average molecular weight is 227 g/mol. The van der Waals surface area contributed by atoms with Crippen molar-refractivity contribution < 1.29 is 4.74 Å². The normalized spacial score (nSPS) is 13.0. The zero-order valence-electron chi connectivity index (χ0n) is 9.88. The van der Waals surface area contributed by atoms with E-state index < -0.39 is 0 Å². The van der Waals surface area contributed by atoms with Gasteiger partial charge in [-0.25, -0.2) is 0 Å². The Labute approximate surface area is 96.7 Å². The Morgan fingerprint density at radius 3 is 2.73 bits per heavy atom. The summed E-state index contributed by atoms with van der Waals surface area (Å²) in [6, 6.07) is 4.73. The van der Waals surface area contributed by atoms with Crippen molar-refractivity contribution in [1.82, 2.24) is 5.32 Å². The van der Waals surface area contributed by atoms with E-state index in [1.165, 1.54) is 9.75 Å². The summed E-state index contributed by atoms with van der Waals surface area (Å²) in [4.78, 5) is 2.74. The molecule has 1 aromatic rings. The smallest absolute Gasteiger partial charge is 0.0669 e. The highest BCUT2D eigenvalue weighted by Crippen LogP contribution is 2.22. The van der Waals surface area contributed by atoms with Crippen molar-refractivity contribution in [2.75, 3.05) is 19.8 Å². The Morgan fingerprint density at radius 2 is 2.20 bits per heavy atom. The predicted molar refractivity (Wildman–Crippen MR) is 66.6 cm³/mol. The fourth-order valence-electron chi connectivity index (χ4n) is 1.47. The van der Waals surface area contributed by atoms with Gasteiger partial charge in [0.2, 0.25) is 0 Å². The van der Waals surface area contributed by atoms with Crippen molar-refractivity contribution in [2.24, 2.45) is 0 Å². The van der Waals surface area contributed by atoms with Crippen LogP contribution in [0, 0.1) is 6.92 Å². The summed E-state index contributed by atoms with van der Waals surface area (Å²) in [5.41, 5.74) is 0. The van der Waals surface area contributed by atoms with E-state index in [1.54, 1.807) is 0 Å². The van der Waals surface area contributed by atoms with E-state index in [0.29, 0.717) is 6.04 Å². The molecule has 3 heteroatoms. The molecule has 1 rings (SSSR count). The summed E-state index contributed by atoms with van der Waals surface area (Å²) < 4.78 is 5.61. The Bertz CT molecular complexity index is 272. The molecule has 1 heterocycles. The monoisotopic (exact) mass is 227 g/mol. The number of hydrogen-bond donors (Lipinski definition) is 1. The van der Waals surface area contributed by atoms with E-state index in [0.717, 1.165) is 26.2 Å². The van der Waals surface area contributed by atoms with Gasteiger partial charge in [0.05, 0.1) is 12.6 Å². The lowest BCUT2D eigenvalue weighted by molar-refractivity contribution is 0.113. The number of aryl methyl sites for hydroxylation is 1. The zero-order valence-corrected chi connectivity index (χ0v) is 10.7. The van der Waals surface area contributed by atoms with Crippen LogP contribution in [0.4, 0.5) is 0 Å². The Hall–Kier alpha value is -0.380. The summed E-state index contributed by atoms with van der Waals surface area (Å²) >= 11 is 1.85. The van der Waals surface area contributed by atoms with Gasteiger partial charge in [-0.15, -0.1) is 11.3 Å². The molecule has 0 fully saturated rings. The summed E-state index contributed by atoms with van der Waals surface area (Å²) in [5, 5.41) is 3.46. The highest BCUT2D eigenvalue weighted by molar-refractivity contribution is 7.12. The second-order valence-corrected chi connectivity index (χ2v) is 4.95. The molecule has 0 bridgehead atoms. The largest absolute Gasteiger partial charge is 0.379 e. The molecule has 0 aliphatic carbocycles. The van der Waals surface area contributed by atoms with Crippen LogP contribution in [0.25, 0.3) is 0 Å². The highest BCUT2D eigenvalue weighted by atomic mass is 32.1. The minimum absolute atomic E-state index is 0.361. The number of nitrogens with one attached hydrogen (secondary N) is 1. The first-order valence-electron chi connectivity index (χ1n) is 5.65. The maximum Gasteiger partial charge on any atom is 0.0669 e. The third kappa shape index (κ3) is 4.33. The molecular formula is C12H21NOS. The quantitative estimate of drug-likeness (QED) is 0.723. The molecule has 0 spiro atoms. The molecule has 86 valence electrons. The van der Waals surface area contributed by atoms with Crippen LogP contribution < -0.4 is 5.32 Å². The van der Waals surface area contributed by atoms with Crippen LogP contribution in [0.1, 0.15) is 36.1 Å². The van der Waals surface area contributed by atoms with Gasteiger partial charge in [0.25, 0.3) is 0 Å². The lowest BCUT2D eigenvalue weighted by Crippen LogP contribution is -2.24. The molecule has 0 amide bonds. The van der Waals surface area contributed by atoms with Gasteiger partial charge in [0, 0.05) is 16.4 Å². The first-order valence-corrected chi connectivity index (χ1v) is 6.47. The number of rotatable bonds is 7. The molecule has 0 aliphatic heterocycles. The number of ether oxygens (including phenoxy) is 1. The SMILES string of the molecule is CCCOCC(NCC)c1ccc(C)s1. The van der Waals surface area contributed by atoms with E-state index in [1.807, 2.05) is 11.3 Å². The summed E-state index contributed by atoms with van der Waals surface area (Å²) in [7, 11) is 0. The molecule has 0 radical (unpaired) electrons. The maximum absolute atomic E-state index is 5.61. The highest BCUT2D eigenvalue weighted by Gasteiger charge is 2.11. The number of likely N-dealkylation sites (N-methyl/N-ethyl adjacent to an activating group) is 1. The van der Waals surface area contributed by atoms with E-state index in [2.05, 4.69) is 38.2 Å².